The van der Waals surface area contributed by atoms with E-state index in [1.165, 1.54) is 16.2 Å². The third kappa shape index (κ3) is 4.50. The minimum atomic E-state index is -0.547. The van der Waals surface area contributed by atoms with Crippen LogP contribution in [-0.4, -0.2) is 43.4 Å². The van der Waals surface area contributed by atoms with E-state index in [-0.39, 0.29) is 24.0 Å². The van der Waals surface area contributed by atoms with E-state index in [9.17, 15) is 14.4 Å². The number of carbonyl (C=O) groups excluding carboxylic acids is 3. The number of ether oxygens (including phenoxy) is 1. The van der Waals surface area contributed by atoms with E-state index in [1.54, 1.807) is 27.9 Å². The van der Waals surface area contributed by atoms with Crippen LogP contribution in [0.3, 0.4) is 0 Å². The monoisotopic (exact) mass is 458 g/mol. The second kappa shape index (κ2) is 9.62. The minimum absolute atomic E-state index is 0.204. The molecule has 164 valence electrons. The summed E-state index contributed by atoms with van der Waals surface area (Å²) in [6.45, 7) is 5.71. The Bertz CT molecular complexity index is 1140. The second-order valence-electron chi connectivity index (χ2n) is 7.29. The first-order valence-corrected chi connectivity index (χ1v) is 11.8. The van der Waals surface area contributed by atoms with Crippen LogP contribution in [0.4, 0.5) is 5.00 Å². The number of rotatable bonds is 7. The standard InChI is InChI=1S/C23H26N2O4S2/c1-6-10-15-14-11-8-9-12-16(14)30-19(15)20(26)24-21-17(23(28)29-7-2)13(3)18(31-21)22(27)25(4)5/h8-9,11-12H,6-7,10H2,1-5H3,(H,24,26). The number of nitrogens with one attached hydrogen (secondary N) is 1. The lowest BCUT2D eigenvalue weighted by molar-refractivity contribution is 0.0527. The van der Waals surface area contributed by atoms with Crippen LogP contribution in [0.2, 0.25) is 0 Å². The van der Waals surface area contributed by atoms with Crippen LogP contribution in [0.5, 0.6) is 0 Å². The van der Waals surface area contributed by atoms with Crippen molar-refractivity contribution < 1.29 is 19.1 Å². The van der Waals surface area contributed by atoms with Gasteiger partial charge in [-0.25, -0.2) is 4.79 Å². The second-order valence-corrected chi connectivity index (χ2v) is 9.36. The molecule has 0 unspecified atom stereocenters. The SMILES string of the molecule is CCCc1c(C(=O)Nc2sc(C(=O)N(C)C)c(C)c2C(=O)OCC)sc2ccccc12. The quantitative estimate of drug-likeness (QED) is 0.484. The summed E-state index contributed by atoms with van der Waals surface area (Å²) in [7, 11) is 3.30. The van der Waals surface area contributed by atoms with Crippen molar-refractivity contribution in [3.8, 4) is 0 Å². The number of esters is 1. The molecular weight excluding hydrogens is 432 g/mol. The summed E-state index contributed by atoms with van der Waals surface area (Å²) in [5.41, 5.74) is 1.77. The Morgan fingerprint density at radius 3 is 2.42 bits per heavy atom. The van der Waals surface area contributed by atoms with Crippen molar-refractivity contribution in [1.29, 1.82) is 0 Å². The van der Waals surface area contributed by atoms with E-state index >= 15 is 0 Å². The lowest BCUT2D eigenvalue weighted by atomic mass is 10.1. The van der Waals surface area contributed by atoms with E-state index in [4.69, 9.17) is 4.74 Å². The van der Waals surface area contributed by atoms with Gasteiger partial charge in [0, 0.05) is 18.8 Å². The highest BCUT2D eigenvalue weighted by Gasteiger charge is 2.28. The molecule has 3 rings (SSSR count). The van der Waals surface area contributed by atoms with Gasteiger partial charge in [0.2, 0.25) is 0 Å². The van der Waals surface area contributed by atoms with Crippen LogP contribution in [0.25, 0.3) is 10.1 Å². The van der Waals surface area contributed by atoms with Crippen molar-refractivity contribution in [1.82, 2.24) is 4.90 Å². The summed E-state index contributed by atoms with van der Waals surface area (Å²) in [5.74, 6) is -1.04. The molecule has 0 saturated heterocycles. The molecule has 0 spiro atoms. The fourth-order valence-corrected chi connectivity index (χ4v) is 5.76. The van der Waals surface area contributed by atoms with Gasteiger partial charge in [-0.2, -0.15) is 0 Å². The normalized spacial score (nSPS) is 10.9. The fraction of sp³-hybridized carbons (Fsp3) is 0.348. The maximum absolute atomic E-state index is 13.3. The third-order valence-electron chi connectivity index (χ3n) is 4.86. The van der Waals surface area contributed by atoms with Gasteiger partial charge in [0.25, 0.3) is 11.8 Å². The first-order valence-electron chi connectivity index (χ1n) is 10.1. The van der Waals surface area contributed by atoms with E-state index in [2.05, 4.69) is 12.2 Å². The largest absolute Gasteiger partial charge is 0.462 e. The molecule has 3 aromatic rings. The molecule has 31 heavy (non-hydrogen) atoms. The van der Waals surface area contributed by atoms with Crippen LogP contribution >= 0.6 is 22.7 Å². The third-order valence-corrected chi connectivity index (χ3v) is 7.27. The van der Waals surface area contributed by atoms with Gasteiger partial charge in [-0.3, -0.25) is 9.59 Å². The van der Waals surface area contributed by atoms with Crippen LogP contribution < -0.4 is 5.32 Å². The number of thiophene rings is 2. The molecule has 0 aliphatic rings. The van der Waals surface area contributed by atoms with Gasteiger partial charge >= 0.3 is 5.97 Å². The average Bonchev–Trinajstić information content (AvgIpc) is 3.26. The number of aryl methyl sites for hydroxylation is 1. The molecule has 2 heterocycles. The van der Waals surface area contributed by atoms with E-state index in [0.717, 1.165) is 39.8 Å². The predicted molar refractivity (Wildman–Crippen MR) is 127 cm³/mol. The van der Waals surface area contributed by atoms with Crippen molar-refractivity contribution in [3.63, 3.8) is 0 Å². The summed E-state index contributed by atoms with van der Waals surface area (Å²) < 4.78 is 6.24. The highest BCUT2D eigenvalue weighted by atomic mass is 32.1. The number of amides is 2. The number of fused-ring (bicyclic) bond motifs is 1. The number of hydrogen-bond acceptors (Lipinski definition) is 6. The van der Waals surface area contributed by atoms with E-state index in [0.29, 0.717) is 20.3 Å². The molecule has 0 aliphatic heterocycles. The van der Waals surface area contributed by atoms with Crippen molar-refractivity contribution in [2.75, 3.05) is 26.0 Å². The maximum Gasteiger partial charge on any atom is 0.341 e. The molecule has 0 saturated carbocycles. The van der Waals surface area contributed by atoms with E-state index < -0.39 is 5.97 Å². The van der Waals surface area contributed by atoms with Gasteiger partial charge in [0.15, 0.2) is 0 Å². The van der Waals surface area contributed by atoms with Gasteiger partial charge in [0.1, 0.15) is 5.00 Å². The van der Waals surface area contributed by atoms with Gasteiger partial charge in [-0.15, -0.1) is 22.7 Å². The lowest BCUT2D eigenvalue weighted by Gasteiger charge is -2.09. The summed E-state index contributed by atoms with van der Waals surface area (Å²) in [4.78, 5) is 41.0. The number of carbonyl (C=O) groups is 3. The molecule has 0 radical (unpaired) electrons. The molecule has 1 aromatic carbocycles. The zero-order chi connectivity index (χ0) is 22.7. The Morgan fingerprint density at radius 1 is 1.06 bits per heavy atom. The topological polar surface area (TPSA) is 75.7 Å². The maximum atomic E-state index is 13.3. The van der Waals surface area contributed by atoms with Gasteiger partial charge in [0.05, 0.1) is 21.9 Å². The Labute approximate surface area is 189 Å². The summed E-state index contributed by atoms with van der Waals surface area (Å²) >= 11 is 2.55. The molecule has 2 amide bonds. The highest BCUT2D eigenvalue weighted by Crippen LogP contribution is 2.37. The zero-order valence-electron chi connectivity index (χ0n) is 18.3. The molecule has 8 heteroatoms. The lowest BCUT2D eigenvalue weighted by Crippen LogP contribution is -2.21. The van der Waals surface area contributed by atoms with Gasteiger partial charge in [-0.1, -0.05) is 31.5 Å². The van der Waals surface area contributed by atoms with Crippen molar-refractivity contribution in [2.24, 2.45) is 0 Å². The average molecular weight is 459 g/mol. The Hall–Kier alpha value is -2.71. The summed E-state index contributed by atoms with van der Waals surface area (Å²) in [6.07, 6.45) is 1.69. The molecule has 0 aliphatic carbocycles. The minimum Gasteiger partial charge on any atom is -0.462 e. The van der Waals surface area contributed by atoms with Crippen LogP contribution in [0.1, 0.15) is 61.1 Å². The number of benzene rings is 1. The summed E-state index contributed by atoms with van der Waals surface area (Å²) in [5, 5.41) is 4.32. The van der Waals surface area contributed by atoms with Crippen molar-refractivity contribution >= 4 is 55.5 Å². The first kappa shape index (κ1) is 23.0. The Morgan fingerprint density at radius 2 is 1.77 bits per heavy atom. The fourth-order valence-electron chi connectivity index (χ4n) is 3.40. The van der Waals surface area contributed by atoms with Crippen LogP contribution in [-0.2, 0) is 11.2 Å². The van der Waals surface area contributed by atoms with Crippen LogP contribution in [0.15, 0.2) is 24.3 Å². The Balaban J connectivity index is 2.06. The molecule has 0 bridgehead atoms. The zero-order valence-corrected chi connectivity index (χ0v) is 20.0. The molecule has 1 N–H and O–H groups in total. The number of anilines is 1. The molecule has 0 fully saturated rings. The van der Waals surface area contributed by atoms with Gasteiger partial charge < -0.3 is 15.0 Å². The summed E-state index contributed by atoms with van der Waals surface area (Å²) in [6, 6.07) is 7.96. The van der Waals surface area contributed by atoms with Gasteiger partial charge in [-0.05, 0) is 42.8 Å². The van der Waals surface area contributed by atoms with Crippen molar-refractivity contribution in [3.05, 3.63) is 50.7 Å². The molecule has 6 nitrogen and oxygen atoms in total. The van der Waals surface area contributed by atoms with Crippen molar-refractivity contribution in [2.45, 2.75) is 33.6 Å². The Kier molecular flexibility index (Phi) is 7.12. The number of hydrogen-bond donors (Lipinski definition) is 1. The smallest absolute Gasteiger partial charge is 0.341 e. The number of nitrogens with zero attached hydrogens (tertiary/aromatic N) is 1. The predicted octanol–water partition coefficient (Wildman–Crippen LogP) is 5.35. The highest BCUT2D eigenvalue weighted by molar-refractivity contribution is 7.21. The molecule has 0 atom stereocenters. The first-order chi connectivity index (χ1) is 14.8. The molecule has 2 aromatic heterocycles. The van der Waals surface area contributed by atoms with E-state index in [1.807, 2.05) is 24.3 Å². The molecular formula is C23H26N2O4S2. The van der Waals surface area contributed by atoms with Crippen LogP contribution in [0, 0.1) is 6.92 Å².